The fourth-order valence-electron chi connectivity index (χ4n) is 2.40. The second kappa shape index (κ2) is 3.70. The highest BCUT2D eigenvalue weighted by molar-refractivity contribution is 8.03. The van der Waals surface area contributed by atoms with E-state index in [4.69, 9.17) is 7.57 Å². The Morgan fingerprint density at radius 3 is 2.07 bits per heavy atom. The molecule has 14 heavy (non-hydrogen) atoms. The van der Waals surface area contributed by atoms with Gasteiger partial charge < -0.3 is 0 Å². The summed E-state index contributed by atoms with van der Waals surface area (Å²) < 4.78 is 0. The van der Waals surface area contributed by atoms with Gasteiger partial charge in [0, 0.05) is 17.6 Å². The number of hydrogen-bond acceptors (Lipinski definition) is 0. The summed E-state index contributed by atoms with van der Waals surface area (Å²) in [6.07, 6.45) is 2.47. The van der Waals surface area contributed by atoms with Crippen LogP contribution < -0.4 is 5.30 Å². The molecule has 1 aromatic carbocycles. The van der Waals surface area contributed by atoms with Gasteiger partial charge in [-0.3, -0.25) is 7.57 Å². The standard InChI is InChI=1S/C12H17BP/c1-10-8-14(13,9-11(10)2)12-6-4-3-5-7-12/h3-7,10-11H,8-9H2,1-2H3/t10-,11+,14?. The Morgan fingerprint density at radius 1 is 1.07 bits per heavy atom. The van der Waals surface area contributed by atoms with Crippen molar-refractivity contribution in [2.24, 2.45) is 11.8 Å². The van der Waals surface area contributed by atoms with Crippen LogP contribution in [0.1, 0.15) is 13.8 Å². The highest BCUT2D eigenvalue weighted by atomic mass is 31.2. The zero-order valence-electron chi connectivity index (χ0n) is 8.98. The summed E-state index contributed by atoms with van der Waals surface area (Å²) in [7, 11) is 5.29. The number of hydrogen-bond donors (Lipinski definition) is 0. The summed E-state index contributed by atoms with van der Waals surface area (Å²) in [6, 6.07) is 10.7. The normalized spacial score (nSPS) is 37.4. The fraction of sp³-hybridized carbons (Fsp3) is 0.500. The molecule has 0 bridgehead atoms. The lowest BCUT2D eigenvalue weighted by Gasteiger charge is -2.32. The average Bonchev–Trinajstić information content (AvgIpc) is 2.44. The molecule has 0 aromatic heterocycles. The zero-order valence-corrected chi connectivity index (χ0v) is 9.87. The van der Waals surface area contributed by atoms with Gasteiger partial charge in [0.25, 0.3) is 0 Å². The van der Waals surface area contributed by atoms with Crippen molar-refractivity contribution in [3.05, 3.63) is 30.3 Å². The van der Waals surface area contributed by atoms with Crippen LogP contribution in [0.5, 0.6) is 0 Å². The Bertz CT molecular complexity index is 299. The van der Waals surface area contributed by atoms with Crippen LogP contribution in [0.4, 0.5) is 0 Å². The third kappa shape index (κ3) is 1.75. The molecule has 3 radical (unpaired) electrons. The van der Waals surface area contributed by atoms with Crippen LogP contribution >= 0.6 is 7.14 Å². The summed E-state index contributed by atoms with van der Waals surface area (Å²) in [5.41, 5.74) is 0. The minimum atomic E-state index is -1.28. The van der Waals surface area contributed by atoms with Gasteiger partial charge in [0.2, 0.25) is 0 Å². The first-order valence-corrected chi connectivity index (χ1v) is 7.56. The Hall–Kier alpha value is -0.285. The monoisotopic (exact) mass is 203 g/mol. The van der Waals surface area contributed by atoms with E-state index in [1.54, 1.807) is 0 Å². The fourth-order valence-corrected chi connectivity index (χ4v) is 6.51. The molecule has 1 heterocycles. The van der Waals surface area contributed by atoms with E-state index in [0.717, 1.165) is 11.8 Å². The molecule has 1 fully saturated rings. The lowest BCUT2D eigenvalue weighted by molar-refractivity contribution is 0.494. The molecule has 1 aliphatic heterocycles. The first-order valence-electron chi connectivity index (χ1n) is 5.33. The van der Waals surface area contributed by atoms with E-state index in [9.17, 15) is 0 Å². The van der Waals surface area contributed by atoms with Gasteiger partial charge in [-0.2, -0.15) is 0 Å². The summed E-state index contributed by atoms with van der Waals surface area (Å²) in [5.74, 6) is 1.60. The molecule has 0 amide bonds. The predicted octanol–water partition coefficient (Wildman–Crippen LogP) is 2.70. The molecule has 0 aliphatic carbocycles. The van der Waals surface area contributed by atoms with Crippen LogP contribution in [0, 0.1) is 11.8 Å². The van der Waals surface area contributed by atoms with Crippen molar-refractivity contribution in [2.45, 2.75) is 13.8 Å². The third-order valence-electron chi connectivity index (χ3n) is 3.47. The molecule has 2 heteroatoms. The van der Waals surface area contributed by atoms with Crippen molar-refractivity contribution in [1.29, 1.82) is 0 Å². The lowest BCUT2D eigenvalue weighted by atomic mass is 10.0. The number of rotatable bonds is 1. The molecule has 3 atom stereocenters. The van der Waals surface area contributed by atoms with Gasteiger partial charge >= 0.3 is 0 Å². The molecule has 73 valence electrons. The van der Waals surface area contributed by atoms with E-state index in [1.165, 1.54) is 17.6 Å². The molecule has 1 aliphatic rings. The lowest BCUT2D eigenvalue weighted by Crippen LogP contribution is -2.13. The minimum absolute atomic E-state index is 0.800. The zero-order chi connectivity index (χ0) is 10.2. The molecule has 2 rings (SSSR count). The van der Waals surface area contributed by atoms with Crippen molar-refractivity contribution in [3.8, 4) is 0 Å². The highest BCUT2D eigenvalue weighted by Gasteiger charge is 2.36. The van der Waals surface area contributed by atoms with Crippen molar-refractivity contribution in [1.82, 2.24) is 0 Å². The van der Waals surface area contributed by atoms with E-state index < -0.39 is 7.14 Å². The van der Waals surface area contributed by atoms with Crippen LogP contribution in [0.2, 0.25) is 0 Å². The Labute approximate surface area is 88.8 Å². The Kier molecular flexibility index (Phi) is 2.71. The summed E-state index contributed by atoms with van der Waals surface area (Å²) in [4.78, 5) is 0. The molecule has 1 saturated heterocycles. The SMILES string of the molecule is [B-][P+]1(c2ccccc2)C[C@@H](C)[C@@H](C)C1. The molecular formula is C12H17BP. The van der Waals surface area contributed by atoms with Gasteiger partial charge in [-0.25, -0.2) is 7.14 Å². The van der Waals surface area contributed by atoms with E-state index in [1.807, 2.05) is 0 Å². The largest absolute Gasteiger partial charge is 0.299 e. The van der Waals surface area contributed by atoms with Crippen molar-refractivity contribution in [3.63, 3.8) is 0 Å². The van der Waals surface area contributed by atoms with Crippen LogP contribution in [0.25, 0.3) is 0 Å². The van der Waals surface area contributed by atoms with Crippen molar-refractivity contribution >= 4 is 20.0 Å². The maximum Gasteiger partial charge on any atom is 0.0418 e. The van der Waals surface area contributed by atoms with Crippen LogP contribution in [0.3, 0.4) is 0 Å². The van der Waals surface area contributed by atoms with E-state index in [-0.39, 0.29) is 0 Å². The average molecular weight is 203 g/mol. The van der Waals surface area contributed by atoms with Gasteiger partial charge in [-0.15, -0.1) is 0 Å². The highest BCUT2D eigenvalue weighted by Crippen LogP contribution is 2.61. The molecule has 0 N–H and O–H groups in total. The van der Waals surface area contributed by atoms with Crippen LogP contribution in [-0.2, 0) is 0 Å². The summed E-state index contributed by atoms with van der Waals surface area (Å²) in [5, 5.41) is 1.41. The van der Waals surface area contributed by atoms with Crippen LogP contribution in [0.15, 0.2) is 30.3 Å². The quantitative estimate of drug-likeness (QED) is 0.486. The van der Waals surface area contributed by atoms with Gasteiger partial charge in [0.05, 0.1) is 0 Å². The van der Waals surface area contributed by atoms with Crippen LogP contribution in [-0.4, -0.2) is 19.9 Å². The van der Waals surface area contributed by atoms with Gasteiger partial charge in [-0.05, 0) is 24.0 Å². The summed E-state index contributed by atoms with van der Waals surface area (Å²) in [6.45, 7) is 4.67. The van der Waals surface area contributed by atoms with E-state index >= 15 is 0 Å². The van der Waals surface area contributed by atoms with Gasteiger partial charge in [-0.1, -0.05) is 32.0 Å². The van der Waals surface area contributed by atoms with E-state index in [0.29, 0.717) is 0 Å². The smallest absolute Gasteiger partial charge is 0.0418 e. The maximum atomic E-state index is 6.57. The second-order valence-corrected chi connectivity index (χ2v) is 8.00. The van der Waals surface area contributed by atoms with Crippen molar-refractivity contribution < 1.29 is 0 Å². The maximum absolute atomic E-state index is 6.57. The Balaban J connectivity index is 2.27. The minimum Gasteiger partial charge on any atom is -0.299 e. The topological polar surface area (TPSA) is 0 Å². The first-order chi connectivity index (χ1) is 6.62. The van der Waals surface area contributed by atoms with Crippen molar-refractivity contribution in [2.75, 3.05) is 12.3 Å². The molecule has 1 unspecified atom stereocenters. The van der Waals surface area contributed by atoms with Gasteiger partial charge in [0.1, 0.15) is 0 Å². The molecule has 0 nitrogen and oxygen atoms in total. The summed E-state index contributed by atoms with van der Waals surface area (Å²) >= 11 is 0. The van der Waals surface area contributed by atoms with E-state index in [2.05, 4.69) is 44.2 Å². The predicted molar refractivity (Wildman–Crippen MR) is 66.8 cm³/mol. The first kappa shape index (κ1) is 10.2. The number of benzene rings is 1. The van der Waals surface area contributed by atoms with Gasteiger partial charge in [0.15, 0.2) is 0 Å². The molecular weight excluding hydrogens is 186 g/mol. The Morgan fingerprint density at radius 2 is 1.57 bits per heavy atom. The molecule has 0 saturated carbocycles. The molecule has 0 spiro atoms. The molecule has 1 aromatic rings. The second-order valence-electron chi connectivity index (χ2n) is 4.69. The third-order valence-corrected chi connectivity index (χ3v) is 7.25.